The van der Waals surface area contributed by atoms with Crippen molar-refractivity contribution in [3.8, 4) is 0 Å². The maximum Gasteiger partial charge on any atom is 0.291 e. The zero-order chi connectivity index (χ0) is 16.6. The summed E-state index contributed by atoms with van der Waals surface area (Å²) in [6.45, 7) is 1.84. The van der Waals surface area contributed by atoms with Gasteiger partial charge in [-0.3, -0.25) is 9.59 Å². The van der Waals surface area contributed by atoms with E-state index in [9.17, 15) is 9.59 Å². The number of benzene rings is 2. The number of carbonyl (C=O) groups excluding carboxylic acids is 2. The molecule has 1 aromatic heterocycles. The molecule has 3 rings (SSSR count). The Bertz CT molecular complexity index is 913. The minimum atomic E-state index is -0.512. The minimum absolute atomic E-state index is 0.261. The molecule has 0 spiro atoms. The van der Waals surface area contributed by atoms with Crippen molar-refractivity contribution in [1.29, 1.82) is 0 Å². The molecule has 0 bridgehead atoms. The highest BCUT2D eigenvalue weighted by Gasteiger charge is 2.18. The number of rotatable bonds is 3. The summed E-state index contributed by atoms with van der Waals surface area (Å²) in [5, 5.41) is 3.63. The molecule has 2 amide bonds. The Morgan fingerprint density at radius 1 is 1.13 bits per heavy atom. The van der Waals surface area contributed by atoms with E-state index in [1.165, 1.54) is 0 Å². The van der Waals surface area contributed by atoms with Gasteiger partial charge in [0.15, 0.2) is 5.76 Å². The number of primary amides is 1. The van der Waals surface area contributed by atoms with Crippen LogP contribution in [0, 0.1) is 6.92 Å². The third kappa shape index (κ3) is 2.98. The number of anilines is 1. The summed E-state index contributed by atoms with van der Waals surface area (Å²) >= 11 is 3.41. The topological polar surface area (TPSA) is 85.3 Å². The first-order valence-corrected chi connectivity index (χ1v) is 7.65. The molecule has 0 aliphatic carbocycles. The first-order chi connectivity index (χ1) is 11.0. The lowest BCUT2D eigenvalue weighted by Crippen LogP contribution is -2.13. The van der Waals surface area contributed by atoms with Gasteiger partial charge in [-0.25, -0.2) is 0 Å². The predicted octanol–water partition coefficient (Wildman–Crippen LogP) is 3.85. The Balaban J connectivity index is 1.88. The lowest BCUT2D eigenvalue weighted by atomic mass is 10.1. The van der Waals surface area contributed by atoms with Crippen molar-refractivity contribution < 1.29 is 14.0 Å². The molecule has 1 heterocycles. The molecule has 0 radical (unpaired) electrons. The quantitative estimate of drug-likeness (QED) is 0.731. The van der Waals surface area contributed by atoms with Crippen molar-refractivity contribution in [2.45, 2.75) is 6.92 Å². The number of halogens is 1. The zero-order valence-corrected chi connectivity index (χ0v) is 13.8. The largest absolute Gasteiger partial charge is 0.451 e. The van der Waals surface area contributed by atoms with E-state index in [1.54, 1.807) is 24.3 Å². The molecule has 0 fully saturated rings. The van der Waals surface area contributed by atoms with Gasteiger partial charge in [0.25, 0.3) is 5.91 Å². The molecule has 0 saturated carbocycles. The molecule has 0 aliphatic heterocycles. The number of nitrogens with one attached hydrogen (secondary N) is 1. The van der Waals surface area contributed by atoms with Crippen molar-refractivity contribution in [3.05, 3.63) is 63.8 Å². The van der Waals surface area contributed by atoms with Gasteiger partial charge in [-0.05, 0) is 49.4 Å². The summed E-state index contributed by atoms with van der Waals surface area (Å²) < 4.78 is 6.56. The van der Waals surface area contributed by atoms with Gasteiger partial charge in [0.2, 0.25) is 5.91 Å². The molecule has 0 saturated heterocycles. The van der Waals surface area contributed by atoms with Crippen LogP contribution >= 0.6 is 15.9 Å². The SMILES string of the molecule is Cc1c(C(=O)Nc2ccc(C(N)=O)cc2)oc2ccc(Br)cc12. The number of hydrogen-bond acceptors (Lipinski definition) is 3. The van der Waals surface area contributed by atoms with Gasteiger partial charge >= 0.3 is 0 Å². The van der Waals surface area contributed by atoms with Crippen LogP contribution < -0.4 is 11.1 Å². The second-order valence-electron chi connectivity index (χ2n) is 5.09. The second-order valence-corrected chi connectivity index (χ2v) is 6.01. The number of nitrogens with two attached hydrogens (primary N) is 1. The van der Waals surface area contributed by atoms with Crippen LogP contribution in [0.1, 0.15) is 26.5 Å². The highest BCUT2D eigenvalue weighted by atomic mass is 79.9. The van der Waals surface area contributed by atoms with Crippen molar-refractivity contribution in [1.82, 2.24) is 0 Å². The monoisotopic (exact) mass is 372 g/mol. The van der Waals surface area contributed by atoms with Crippen LogP contribution in [0.2, 0.25) is 0 Å². The van der Waals surface area contributed by atoms with E-state index in [-0.39, 0.29) is 11.7 Å². The van der Waals surface area contributed by atoms with E-state index in [1.807, 2.05) is 25.1 Å². The summed E-state index contributed by atoms with van der Waals surface area (Å²) in [5.41, 5.74) is 7.55. The lowest BCUT2D eigenvalue weighted by molar-refractivity contribution is 0.0992. The third-order valence-corrected chi connectivity index (χ3v) is 4.02. The summed E-state index contributed by atoms with van der Waals surface area (Å²) in [6.07, 6.45) is 0. The molecular formula is C17H13BrN2O3. The first kappa shape index (κ1) is 15.3. The predicted molar refractivity (Wildman–Crippen MR) is 91.6 cm³/mol. The average Bonchev–Trinajstić information content (AvgIpc) is 2.85. The van der Waals surface area contributed by atoms with Crippen molar-refractivity contribution >= 4 is 44.4 Å². The summed E-state index contributed by atoms with van der Waals surface area (Å²) in [6, 6.07) is 11.9. The van der Waals surface area contributed by atoms with E-state index >= 15 is 0 Å². The van der Waals surface area contributed by atoms with Gasteiger partial charge in [-0.15, -0.1) is 0 Å². The van der Waals surface area contributed by atoms with Gasteiger partial charge in [-0.2, -0.15) is 0 Å². The van der Waals surface area contributed by atoms with E-state index in [2.05, 4.69) is 21.2 Å². The van der Waals surface area contributed by atoms with E-state index in [0.29, 0.717) is 16.8 Å². The Morgan fingerprint density at radius 2 is 1.83 bits per heavy atom. The van der Waals surface area contributed by atoms with Crippen molar-refractivity contribution in [3.63, 3.8) is 0 Å². The fourth-order valence-electron chi connectivity index (χ4n) is 2.32. The lowest BCUT2D eigenvalue weighted by Gasteiger charge is -2.04. The van der Waals surface area contributed by atoms with Gasteiger partial charge < -0.3 is 15.5 Å². The second kappa shape index (κ2) is 5.89. The smallest absolute Gasteiger partial charge is 0.291 e. The summed E-state index contributed by atoms with van der Waals surface area (Å²) in [4.78, 5) is 23.4. The molecule has 2 aromatic carbocycles. The number of hydrogen-bond donors (Lipinski definition) is 2. The highest BCUT2D eigenvalue weighted by Crippen LogP contribution is 2.28. The van der Waals surface area contributed by atoms with Gasteiger partial charge in [0, 0.05) is 26.7 Å². The summed E-state index contributed by atoms with van der Waals surface area (Å²) in [5.74, 6) is -0.597. The number of furan rings is 1. The minimum Gasteiger partial charge on any atom is -0.451 e. The fraction of sp³-hybridized carbons (Fsp3) is 0.0588. The molecule has 23 heavy (non-hydrogen) atoms. The molecule has 5 nitrogen and oxygen atoms in total. The Kier molecular flexibility index (Phi) is 3.92. The average molecular weight is 373 g/mol. The van der Waals surface area contributed by atoms with Crippen molar-refractivity contribution in [2.24, 2.45) is 5.73 Å². The number of carbonyl (C=O) groups is 2. The maximum atomic E-state index is 12.4. The van der Waals surface area contributed by atoms with Crippen LogP contribution in [0.25, 0.3) is 11.0 Å². The van der Waals surface area contributed by atoms with Crippen molar-refractivity contribution in [2.75, 3.05) is 5.32 Å². The Hall–Kier alpha value is -2.60. The normalized spacial score (nSPS) is 10.7. The Labute approximate surface area is 140 Å². The van der Waals surface area contributed by atoms with E-state index in [4.69, 9.17) is 10.2 Å². The third-order valence-electron chi connectivity index (χ3n) is 3.53. The number of fused-ring (bicyclic) bond motifs is 1. The van der Waals surface area contributed by atoms with Crippen LogP contribution in [0.5, 0.6) is 0 Å². The molecule has 0 atom stereocenters. The van der Waals surface area contributed by atoms with E-state index in [0.717, 1.165) is 15.4 Å². The zero-order valence-electron chi connectivity index (χ0n) is 12.2. The standard InChI is InChI=1S/C17H13BrN2O3/c1-9-13-8-11(18)4-7-14(13)23-15(9)17(22)20-12-5-2-10(3-6-12)16(19)21/h2-8H,1H3,(H2,19,21)(H,20,22). The van der Waals surface area contributed by atoms with Gasteiger partial charge in [-0.1, -0.05) is 15.9 Å². The molecule has 116 valence electrons. The maximum absolute atomic E-state index is 12.4. The molecular weight excluding hydrogens is 360 g/mol. The van der Waals surface area contributed by atoms with Gasteiger partial charge in [0.05, 0.1) is 0 Å². The van der Waals surface area contributed by atoms with Crippen LogP contribution in [0.15, 0.2) is 51.4 Å². The van der Waals surface area contributed by atoms with Gasteiger partial charge in [0.1, 0.15) is 5.58 Å². The Morgan fingerprint density at radius 3 is 2.48 bits per heavy atom. The number of aryl methyl sites for hydroxylation is 1. The fourth-order valence-corrected chi connectivity index (χ4v) is 2.68. The molecule has 0 aliphatic rings. The van der Waals surface area contributed by atoms with Crippen LogP contribution in [0.4, 0.5) is 5.69 Å². The molecule has 3 aromatic rings. The van der Waals surface area contributed by atoms with Crippen LogP contribution in [-0.2, 0) is 0 Å². The first-order valence-electron chi connectivity index (χ1n) is 6.85. The number of amides is 2. The summed E-state index contributed by atoms with van der Waals surface area (Å²) in [7, 11) is 0. The highest BCUT2D eigenvalue weighted by molar-refractivity contribution is 9.10. The molecule has 3 N–H and O–H groups in total. The van der Waals surface area contributed by atoms with Crippen LogP contribution in [0.3, 0.4) is 0 Å². The van der Waals surface area contributed by atoms with E-state index < -0.39 is 5.91 Å². The van der Waals surface area contributed by atoms with Crippen LogP contribution in [-0.4, -0.2) is 11.8 Å². The molecule has 6 heteroatoms. The molecule has 0 unspecified atom stereocenters.